The molecular formula is C19H19ClN4O2. The van der Waals surface area contributed by atoms with Crippen LogP contribution in [0.1, 0.15) is 30.5 Å². The molecular weight excluding hydrogens is 352 g/mol. The van der Waals surface area contributed by atoms with E-state index in [0.717, 1.165) is 5.56 Å². The summed E-state index contributed by atoms with van der Waals surface area (Å²) in [7, 11) is 0. The quantitative estimate of drug-likeness (QED) is 0.824. The summed E-state index contributed by atoms with van der Waals surface area (Å²) in [6.07, 6.45) is 4.08. The Morgan fingerprint density at radius 1 is 1.27 bits per heavy atom. The van der Waals surface area contributed by atoms with E-state index in [-0.39, 0.29) is 11.6 Å². The number of nitriles is 1. The number of anilines is 1. The predicted octanol–water partition coefficient (Wildman–Crippen LogP) is 3.43. The molecule has 0 atom stereocenters. The number of carbonyl (C=O) groups excluding carboxylic acids is 1. The van der Waals surface area contributed by atoms with E-state index >= 15 is 0 Å². The van der Waals surface area contributed by atoms with Gasteiger partial charge in [-0.2, -0.15) is 10.2 Å². The first-order chi connectivity index (χ1) is 12.6. The molecule has 134 valence electrons. The highest BCUT2D eigenvalue weighted by molar-refractivity contribution is 6.30. The minimum atomic E-state index is 0.148. The number of carbonyl (C=O) groups is 1. The molecule has 3 rings (SSSR count). The Kier molecular flexibility index (Phi) is 5.59. The number of hydrogen-bond donors (Lipinski definition) is 0. The van der Waals surface area contributed by atoms with E-state index in [1.165, 1.54) is 0 Å². The summed E-state index contributed by atoms with van der Waals surface area (Å²) >= 11 is 5.88. The summed E-state index contributed by atoms with van der Waals surface area (Å²) in [6.45, 7) is 4.34. The van der Waals surface area contributed by atoms with Gasteiger partial charge in [0.1, 0.15) is 6.07 Å². The van der Waals surface area contributed by atoms with Gasteiger partial charge in [0.05, 0.1) is 0 Å². The summed E-state index contributed by atoms with van der Waals surface area (Å²) in [5, 5.41) is 10.0. The molecule has 1 amide bonds. The van der Waals surface area contributed by atoms with Gasteiger partial charge in [0.25, 0.3) is 0 Å². The fourth-order valence-electron chi connectivity index (χ4n) is 2.81. The van der Waals surface area contributed by atoms with Crippen LogP contribution >= 0.6 is 11.6 Å². The lowest BCUT2D eigenvalue weighted by molar-refractivity contribution is -0.131. The van der Waals surface area contributed by atoms with E-state index in [2.05, 4.69) is 11.1 Å². The molecule has 1 saturated heterocycles. The average molecular weight is 371 g/mol. The Bertz CT molecular complexity index is 843. The first-order valence-electron chi connectivity index (χ1n) is 8.48. The first-order valence-corrected chi connectivity index (χ1v) is 8.85. The molecule has 0 saturated carbocycles. The predicted molar refractivity (Wildman–Crippen MR) is 101 cm³/mol. The van der Waals surface area contributed by atoms with Crippen LogP contribution in [0.25, 0.3) is 12.2 Å². The van der Waals surface area contributed by atoms with Crippen molar-refractivity contribution in [2.24, 2.45) is 0 Å². The van der Waals surface area contributed by atoms with Crippen LogP contribution in [0, 0.1) is 11.3 Å². The van der Waals surface area contributed by atoms with Gasteiger partial charge in [0.15, 0.2) is 0 Å². The van der Waals surface area contributed by atoms with Crippen molar-refractivity contribution in [2.45, 2.75) is 13.3 Å². The number of nitrogens with zero attached hydrogens (tertiary/aromatic N) is 4. The number of halogens is 1. The molecule has 6 nitrogen and oxygen atoms in total. The Morgan fingerprint density at radius 2 is 1.96 bits per heavy atom. The first kappa shape index (κ1) is 18.0. The molecule has 26 heavy (non-hydrogen) atoms. The van der Waals surface area contributed by atoms with Crippen molar-refractivity contribution < 1.29 is 9.21 Å². The van der Waals surface area contributed by atoms with Gasteiger partial charge in [-0.1, -0.05) is 30.7 Å². The number of piperazine rings is 1. The summed E-state index contributed by atoms with van der Waals surface area (Å²) in [5.74, 6) is 0.986. The molecule has 1 fully saturated rings. The molecule has 1 aromatic heterocycles. The number of aromatic nitrogens is 1. The van der Waals surface area contributed by atoms with E-state index in [9.17, 15) is 10.1 Å². The van der Waals surface area contributed by atoms with Crippen molar-refractivity contribution in [3.63, 3.8) is 0 Å². The highest BCUT2D eigenvalue weighted by atomic mass is 35.5. The third-order valence-corrected chi connectivity index (χ3v) is 4.49. The second-order valence-electron chi connectivity index (χ2n) is 5.92. The van der Waals surface area contributed by atoms with Crippen LogP contribution in [-0.2, 0) is 4.79 Å². The minimum Gasteiger partial charge on any atom is -0.420 e. The lowest BCUT2D eigenvalue weighted by Crippen LogP contribution is -2.48. The monoisotopic (exact) mass is 370 g/mol. The van der Waals surface area contributed by atoms with E-state index in [4.69, 9.17) is 16.0 Å². The third-order valence-electron chi connectivity index (χ3n) is 4.24. The lowest BCUT2D eigenvalue weighted by Gasteiger charge is -2.34. The highest BCUT2D eigenvalue weighted by Gasteiger charge is 2.25. The molecule has 0 bridgehead atoms. The topological polar surface area (TPSA) is 73.4 Å². The van der Waals surface area contributed by atoms with Crippen LogP contribution in [-0.4, -0.2) is 42.0 Å². The van der Waals surface area contributed by atoms with Crippen LogP contribution in [0.2, 0.25) is 5.02 Å². The van der Waals surface area contributed by atoms with Crippen LogP contribution in [0.3, 0.4) is 0 Å². The van der Waals surface area contributed by atoms with Crippen molar-refractivity contribution in [2.75, 3.05) is 31.1 Å². The zero-order valence-corrected chi connectivity index (χ0v) is 15.2. The normalized spacial score (nSPS) is 14.7. The van der Waals surface area contributed by atoms with Gasteiger partial charge in [0, 0.05) is 43.7 Å². The van der Waals surface area contributed by atoms with Crippen LogP contribution in [0.5, 0.6) is 0 Å². The molecule has 0 unspecified atom stereocenters. The van der Waals surface area contributed by atoms with Gasteiger partial charge in [-0.15, -0.1) is 0 Å². The minimum absolute atomic E-state index is 0.148. The standard InChI is InChI=1S/C19H19ClN4O2/c1-2-18(25)23-9-11-24(12-10-23)19-16(13-21)22-17(26-19)8-5-14-3-6-15(20)7-4-14/h3-8H,2,9-12H2,1H3/b8-5+. The second kappa shape index (κ2) is 8.07. The molecule has 0 aliphatic carbocycles. The maximum Gasteiger partial charge on any atom is 0.235 e. The molecule has 0 radical (unpaired) electrons. The molecule has 2 heterocycles. The molecule has 0 spiro atoms. The van der Waals surface area contributed by atoms with Gasteiger partial charge >= 0.3 is 0 Å². The molecule has 7 heteroatoms. The highest BCUT2D eigenvalue weighted by Crippen LogP contribution is 2.24. The fraction of sp³-hybridized carbons (Fsp3) is 0.316. The van der Waals surface area contributed by atoms with Gasteiger partial charge in [-0.05, 0) is 23.8 Å². The van der Waals surface area contributed by atoms with Crippen molar-refractivity contribution in [3.05, 3.63) is 46.4 Å². The smallest absolute Gasteiger partial charge is 0.235 e. The van der Waals surface area contributed by atoms with Crippen molar-refractivity contribution in [1.29, 1.82) is 5.26 Å². The van der Waals surface area contributed by atoms with Crippen LogP contribution < -0.4 is 4.90 Å². The third kappa shape index (κ3) is 4.06. The molecule has 1 aromatic carbocycles. The second-order valence-corrected chi connectivity index (χ2v) is 6.36. The van der Waals surface area contributed by atoms with Gasteiger partial charge in [0.2, 0.25) is 23.4 Å². The molecule has 0 N–H and O–H groups in total. The van der Waals surface area contributed by atoms with Crippen molar-refractivity contribution in [1.82, 2.24) is 9.88 Å². The van der Waals surface area contributed by atoms with E-state index < -0.39 is 0 Å². The van der Waals surface area contributed by atoms with E-state index in [0.29, 0.717) is 49.4 Å². The van der Waals surface area contributed by atoms with Gasteiger partial charge in [-0.25, -0.2) is 0 Å². The van der Waals surface area contributed by atoms with E-state index in [1.54, 1.807) is 18.2 Å². The summed E-state index contributed by atoms with van der Waals surface area (Å²) in [6, 6.07) is 9.47. The fourth-order valence-corrected chi connectivity index (χ4v) is 2.94. The maximum atomic E-state index is 11.8. The van der Waals surface area contributed by atoms with E-state index in [1.807, 2.05) is 34.9 Å². The zero-order valence-electron chi connectivity index (χ0n) is 14.5. The largest absolute Gasteiger partial charge is 0.420 e. The average Bonchev–Trinajstić information content (AvgIpc) is 3.10. The van der Waals surface area contributed by atoms with Gasteiger partial charge < -0.3 is 14.2 Å². The molecule has 2 aromatic rings. The Hall–Kier alpha value is -2.78. The Morgan fingerprint density at radius 3 is 2.58 bits per heavy atom. The lowest BCUT2D eigenvalue weighted by atomic mass is 10.2. The summed E-state index contributed by atoms with van der Waals surface area (Å²) in [5.41, 5.74) is 1.22. The number of hydrogen-bond acceptors (Lipinski definition) is 5. The number of amides is 1. The molecule has 1 aliphatic rings. The van der Waals surface area contributed by atoms with Crippen LogP contribution in [0.15, 0.2) is 28.7 Å². The Balaban J connectivity index is 1.72. The SMILES string of the molecule is CCC(=O)N1CCN(c2oc(/C=C/c3ccc(Cl)cc3)nc2C#N)CC1. The number of rotatable bonds is 4. The summed E-state index contributed by atoms with van der Waals surface area (Å²) in [4.78, 5) is 19.8. The number of benzene rings is 1. The summed E-state index contributed by atoms with van der Waals surface area (Å²) < 4.78 is 5.79. The van der Waals surface area contributed by atoms with Crippen molar-refractivity contribution in [3.8, 4) is 6.07 Å². The zero-order chi connectivity index (χ0) is 18.5. The van der Waals surface area contributed by atoms with Crippen molar-refractivity contribution >= 4 is 35.5 Å². The van der Waals surface area contributed by atoms with Crippen LogP contribution in [0.4, 0.5) is 5.88 Å². The molecule has 1 aliphatic heterocycles. The Labute approximate surface area is 157 Å². The maximum absolute atomic E-state index is 11.8. The number of oxazole rings is 1. The van der Waals surface area contributed by atoms with Gasteiger partial charge in [-0.3, -0.25) is 4.79 Å².